The van der Waals surface area contributed by atoms with Crippen molar-refractivity contribution in [2.75, 3.05) is 0 Å². The number of pyridine rings is 8. The molecule has 14 heterocycles. The summed E-state index contributed by atoms with van der Waals surface area (Å²) < 4.78 is 8.15. The van der Waals surface area contributed by atoms with E-state index in [-0.39, 0.29) is 0 Å². The molecule has 0 saturated carbocycles. The summed E-state index contributed by atoms with van der Waals surface area (Å²) in [5, 5.41) is 3.45. The second-order valence-corrected chi connectivity index (χ2v) is 20.6. The van der Waals surface area contributed by atoms with E-state index in [1.165, 1.54) is 38.7 Å². The quantitative estimate of drug-likeness (QED) is 0.139. The summed E-state index contributed by atoms with van der Waals surface area (Å²) in [5.74, 6) is 3.68. The van der Waals surface area contributed by atoms with E-state index in [1.54, 1.807) is 62.0 Å². The third kappa shape index (κ3) is 27.0. The first kappa shape index (κ1) is 90.9. The Kier molecular flexibility index (Phi) is 45.4. The highest BCUT2D eigenvalue weighted by atomic mass is 15.1. The van der Waals surface area contributed by atoms with Crippen LogP contribution in [0, 0.1) is 69.2 Å². The Labute approximate surface area is 620 Å². The Morgan fingerprint density at radius 3 is 1.12 bits per heavy atom. The van der Waals surface area contributed by atoms with Crippen molar-refractivity contribution >= 4 is 77.5 Å². The number of benzene rings is 2. The van der Waals surface area contributed by atoms with Crippen molar-refractivity contribution < 1.29 is 0 Å². The number of hydrogen-bond acceptors (Lipinski definition) is 14. The van der Waals surface area contributed by atoms with Gasteiger partial charge in [-0.1, -0.05) is 135 Å². The highest BCUT2D eigenvalue weighted by Gasteiger charge is 2.05. The average Bonchev–Trinajstić information content (AvgIpc) is 1.74. The fraction of sp³-hybridized carbons (Fsp3) is 0.326. The Morgan fingerprint density at radius 1 is 0.269 bits per heavy atom. The molecule has 18 heteroatoms. The molecule has 16 aromatic rings. The lowest BCUT2D eigenvalue weighted by atomic mass is 10.2. The molecule has 2 aromatic carbocycles. The van der Waals surface area contributed by atoms with Crippen LogP contribution in [0.15, 0.2) is 208 Å². The lowest BCUT2D eigenvalue weighted by Crippen LogP contribution is -1.89. The van der Waals surface area contributed by atoms with E-state index in [0.717, 1.165) is 95.5 Å². The molecule has 16 rings (SSSR count). The van der Waals surface area contributed by atoms with Gasteiger partial charge in [0.1, 0.15) is 11.6 Å². The molecule has 0 N–H and O–H groups in total. The van der Waals surface area contributed by atoms with Crippen LogP contribution in [-0.2, 0) is 14.1 Å². The normalized spacial score (nSPS) is 9.35. The van der Waals surface area contributed by atoms with Gasteiger partial charge in [-0.25, -0.2) is 39.9 Å². The van der Waals surface area contributed by atoms with Gasteiger partial charge in [0.15, 0.2) is 5.65 Å². The van der Waals surface area contributed by atoms with Crippen LogP contribution in [0.3, 0.4) is 0 Å². The molecule has 552 valence electrons. The molecule has 0 radical (unpaired) electrons. The van der Waals surface area contributed by atoms with Crippen LogP contribution in [-0.4, -0.2) is 87.7 Å². The minimum Gasteiger partial charge on any atom is -0.331 e. The third-order valence-corrected chi connectivity index (χ3v) is 14.7. The molecule has 18 nitrogen and oxygen atoms in total. The van der Waals surface area contributed by atoms with Gasteiger partial charge in [-0.15, -0.1) is 0 Å². The zero-order chi connectivity index (χ0) is 78.1. The molecule has 0 fully saturated rings. The van der Waals surface area contributed by atoms with Gasteiger partial charge >= 0.3 is 0 Å². The van der Waals surface area contributed by atoms with Gasteiger partial charge in [0.25, 0.3) is 0 Å². The first-order valence-electron chi connectivity index (χ1n) is 36.6. The predicted molar refractivity (Wildman–Crippen MR) is 444 cm³/mol. The molecule has 0 aliphatic rings. The Morgan fingerprint density at radius 2 is 0.654 bits per heavy atom. The maximum Gasteiger partial charge on any atom is 0.234 e. The van der Waals surface area contributed by atoms with Gasteiger partial charge in [-0.05, 0) is 189 Å². The third-order valence-electron chi connectivity index (χ3n) is 14.7. The van der Waals surface area contributed by atoms with Crippen molar-refractivity contribution in [2.24, 2.45) is 14.1 Å². The lowest BCUT2D eigenvalue weighted by molar-refractivity contribution is 0.886. The van der Waals surface area contributed by atoms with Gasteiger partial charge in [0.05, 0.1) is 61.7 Å². The van der Waals surface area contributed by atoms with Crippen LogP contribution in [0.25, 0.3) is 77.5 Å². The topological polar surface area (TPSA) is 199 Å². The first-order chi connectivity index (χ1) is 50.7. The number of fused-ring (bicyclic) bond motifs is 8. The number of aryl methyl sites for hydroxylation is 12. The maximum atomic E-state index is 4.38. The van der Waals surface area contributed by atoms with E-state index in [9.17, 15) is 0 Å². The molecule has 0 aliphatic carbocycles. The van der Waals surface area contributed by atoms with E-state index in [4.69, 9.17) is 0 Å². The fourth-order valence-electron chi connectivity index (χ4n) is 9.25. The number of imidazole rings is 4. The highest BCUT2D eigenvalue weighted by Crippen LogP contribution is 2.18. The number of aromatic nitrogens is 18. The van der Waals surface area contributed by atoms with Crippen molar-refractivity contribution in [1.29, 1.82) is 0 Å². The Balaban J connectivity index is 0.000000578. The van der Waals surface area contributed by atoms with Crippen LogP contribution < -0.4 is 0 Å². The van der Waals surface area contributed by atoms with E-state index in [0.29, 0.717) is 0 Å². The van der Waals surface area contributed by atoms with Crippen molar-refractivity contribution in [1.82, 2.24) is 87.7 Å². The summed E-state index contributed by atoms with van der Waals surface area (Å²) in [7, 11) is 4.06. The van der Waals surface area contributed by atoms with Gasteiger partial charge in [-0.2, -0.15) is 0 Å². The Hall–Kier alpha value is -11.1. The van der Waals surface area contributed by atoms with Crippen LogP contribution in [0.2, 0.25) is 0 Å². The predicted octanol–water partition coefficient (Wildman–Crippen LogP) is 22.4. The molecular formula is C86H118N18. The van der Waals surface area contributed by atoms with Gasteiger partial charge < -0.3 is 9.13 Å². The summed E-state index contributed by atoms with van der Waals surface area (Å²) in [6.07, 6.45) is 25.4. The van der Waals surface area contributed by atoms with E-state index in [2.05, 4.69) is 112 Å². The number of rotatable bonds is 0. The van der Waals surface area contributed by atoms with E-state index in [1.807, 2.05) is 316 Å². The lowest BCUT2D eigenvalue weighted by Gasteiger charge is -1.97. The van der Waals surface area contributed by atoms with Crippen LogP contribution in [0.4, 0.5) is 0 Å². The zero-order valence-corrected chi connectivity index (χ0v) is 67.7. The zero-order valence-electron chi connectivity index (χ0n) is 67.7. The van der Waals surface area contributed by atoms with E-state index < -0.39 is 0 Å². The summed E-state index contributed by atoms with van der Waals surface area (Å²) in [4.78, 5) is 58.6. The molecule has 0 atom stereocenters. The molecule has 0 bridgehead atoms. The SMILES string of the molecule is CC.CC.CC.CC.CC.CC.CC.CC.Cc1ccnc2cccnc12.Cc1ccnc2ccncc12.Cc1ccnc2cnccc12.Cc1ccnc2ncccc12.Cc1nc2ccccc2n1C.Cc1nc2ccccc2n1C.Cc1nc2ncccn2c1C.Cc1nc2ncccn2c1C. The second kappa shape index (κ2) is 51.9. The van der Waals surface area contributed by atoms with Crippen molar-refractivity contribution in [2.45, 2.75) is 180 Å². The molecule has 14 aromatic heterocycles. The molecular weight excluding hydrogens is 1290 g/mol. The van der Waals surface area contributed by atoms with Crippen molar-refractivity contribution in [3.8, 4) is 0 Å². The minimum atomic E-state index is 0.780. The number of para-hydroxylation sites is 4. The second-order valence-electron chi connectivity index (χ2n) is 20.6. The highest BCUT2D eigenvalue weighted by molar-refractivity contribution is 5.82. The molecule has 0 saturated heterocycles. The number of hydrogen-bond donors (Lipinski definition) is 0. The molecule has 0 spiro atoms. The van der Waals surface area contributed by atoms with Gasteiger partial charge in [0, 0.05) is 122 Å². The standard InChI is InChI=1S/2C9H10N2.4C9H8N2.2C8H9N3.8C2H6/c2*1-7-10-8-5-3-4-6-9(8)11(7)2;1-7-2-5-11-9-3-4-10-6-8(7)9;1-7-2-5-11-9-6-10-4-3-8(7)9;1-7-4-6-10-8-3-2-5-11-9(7)8;1-7-4-6-11-9-8(7)3-2-5-10-9;2*1-6-7(2)11-5-3-4-9-8(11)10-6;8*1-2/h2*3-6H,1-2H3;4*2-6H,1H3;2*3-5H,1-2H3;8*1-2H3. The smallest absolute Gasteiger partial charge is 0.234 e. The Bertz CT molecular complexity index is 4310. The largest absolute Gasteiger partial charge is 0.331 e. The van der Waals surface area contributed by atoms with Crippen molar-refractivity contribution in [3.63, 3.8) is 0 Å². The fourth-order valence-corrected chi connectivity index (χ4v) is 9.25. The van der Waals surface area contributed by atoms with Gasteiger partial charge in [0.2, 0.25) is 11.6 Å². The van der Waals surface area contributed by atoms with Crippen LogP contribution in [0.1, 0.15) is 167 Å². The number of nitrogens with zero attached hydrogens (tertiary/aromatic N) is 18. The summed E-state index contributed by atoms with van der Waals surface area (Å²) >= 11 is 0. The van der Waals surface area contributed by atoms with Crippen molar-refractivity contribution in [3.05, 3.63) is 265 Å². The van der Waals surface area contributed by atoms with E-state index >= 15 is 0 Å². The molecule has 0 aliphatic heterocycles. The van der Waals surface area contributed by atoms with Crippen LogP contribution >= 0.6 is 0 Å². The molecule has 0 amide bonds. The first-order valence-corrected chi connectivity index (χ1v) is 36.6. The van der Waals surface area contributed by atoms with Gasteiger partial charge in [-0.3, -0.25) is 38.7 Å². The van der Waals surface area contributed by atoms with Crippen LogP contribution in [0.5, 0.6) is 0 Å². The summed E-state index contributed by atoms with van der Waals surface area (Å²) in [6.45, 7) is 52.3. The summed E-state index contributed by atoms with van der Waals surface area (Å²) in [6, 6.07) is 39.8. The maximum absolute atomic E-state index is 4.38. The monoisotopic (exact) mass is 1400 g/mol. The minimum absolute atomic E-state index is 0.780. The molecule has 104 heavy (non-hydrogen) atoms. The average molecular weight is 1400 g/mol. The summed E-state index contributed by atoms with van der Waals surface area (Å²) in [5.41, 5.74) is 18.6. The molecule has 0 unspecified atom stereocenters.